The number of halogens is 2. The minimum Gasteiger partial charge on any atom is -0.422 e. The largest absolute Gasteiger partial charge is 0.422 e. The second kappa shape index (κ2) is 7.00. The highest BCUT2D eigenvalue weighted by atomic mass is 79.9. The zero-order valence-corrected chi connectivity index (χ0v) is 15.4. The Labute approximate surface area is 148 Å². The van der Waals surface area contributed by atoms with Crippen LogP contribution in [0, 0.1) is 0 Å². The Morgan fingerprint density at radius 3 is 2.48 bits per heavy atom. The molecule has 0 fully saturated rings. The van der Waals surface area contributed by atoms with Gasteiger partial charge in [0.15, 0.2) is 0 Å². The zero-order chi connectivity index (χ0) is 17.2. The van der Waals surface area contributed by atoms with Crippen LogP contribution < -0.4 is 4.74 Å². The highest BCUT2D eigenvalue weighted by Crippen LogP contribution is 2.28. The van der Waals surface area contributed by atoms with E-state index in [9.17, 15) is 13.2 Å². The maximum absolute atomic E-state index is 12.2. The molecule has 0 unspecified atom stereocenters. The number of carbonyl (C=O) groups excluding carboxylic acids is 1. The van der Waals surface area contributed by atoms with Crippen molar-refractivity contribution in [2.45, 2.75) is 4.90 Å². The van der Waals surface area contributed by atoms with Crippen LogP contribution in [-0.4, -0.2) is 32.8 Å². The summed E-state index contributed by atoms with van der Waals surface area (Å²) in [6.45, 7) is 0. The summed E-state index contributed by atoms with van der Waals surface area (Å²) >= 11 is 9.08. The lowest BCUT2D eigenvalue weighted by atomic mass is 10.2. The number of carbonyl (C=O) groups is 1. The van der Waals surface area contributed by atoms with Crippen LogP contribution in [0.1, 0.15) is 10.4 Å². The summed E-state index contributed by atoms with van der Waals surface area (Å²) in [4.78, 5) is 12.2. The van der Waals surface area contributed by atoms with Gasteiger partial charge >= 0.3 is 5.97 Å². The minimum absolute atomic E-state index is 0.0205. The Hall–Kier alpha value is -1.41. The first kappa shape index (κ1) is 17.9. The lowest BCUT2D eigenvalue weighted by molar-refractivity contribution is 0.0733. The molecule has 0 aliphatic rings. The van der Waals surface area contributed by atoms with Crippen LogP contribution in [0.15, 0.2) is 51.8 Å². The van der Waals surface area contributed by atoms with Crippen LogP contribution in [-0.2, 0) is 10.0 Å². The Bertz CT molecular complexity index is 852. The quantitative estimate of drug-likeness (QED) is 0.562. The van der Waals surface area contributed by atoms with Gasteiger partial charge in [-0.2, -0.15) is 0 Å². The highest BCUT2D eigenvalue weighted by Gasteiger charge is 2.19. The maximum atomic E-state index is 12.2. The summed E-state index contributed by atoms with van der Waals surface area (Å²) in [5.74, 6) is -0.371. The molecule has 0 aliphatic carbocycles. The fraction of sp³-hybridized carbons (Fsp3) is 0.133. The number of sulfonamides is 1. The lowest BCUT2D eigenvalue weighted by Gasteiger charge is -2.12. The minimum atomic E-state index is -3.62. The van der Waals surface area contributed by atoms with E-state index in [2.05, 4.69) is 15.9 Å². The second-order valence-electron chi connectivity index (χ2n) is 4.78. The van der Waals surface area contributed by atoms with E-state index in [1.165, 1.54) is 38.4 Å². The molecule has 122 valence electrons. The number of esters is 1. The summed E-state index contributed by atoms with van der Waals surface area (Å²) in [5.41, 5.74) is 0.134. The number of hydrogen-bond acceptors (Lipinski definition) is 4. The van der Waals surface area contributed by atoms with Crippen molar-refractivity contribution in [1.82, 2.24) is 4.31 Å². The van der Waals surface area contributed by atoms with E-state index in [1.807, 2.05) is 0 Å². The smallest absolute Gasteiger partial charge is 0.343 e. The standard InChI is InChI=1S/C15H13BrClNO4S/c1-18(2)23(20,21)12-5-3-4-10(8-12)15(19)22-14-7-6-11(17)9-13(14)16/h3-9H,1-2H3. The summed E-state index contributed by atoms with van der Waals surface area (Å²) in [6.07, 6.45) is 0. The molecule has 0 radical (unpaired) electrons. The Morgan fingerprint density at radius 1 is 1.17 bits per heavy atom. The summed E-state index contributed by atoms with van der Waals surface area (Å²) in [7, 11) is -0.777. The van der Waals surface area contributed by atoms with E-state index < -0.39 is 16.0 Å². The van der Waals surface area contributed by atoms with Gasteiger partial charge in [-0.3, -0.25) is 0 Å². The molecule has 0 aliphatic heterocycles. The second-order valence-corrected chi connectivity index (χ2v) is 8.22. The molecule has 0 heterocycles. The van der Waals surface area contributed by atoms with Gasteiger partial charge in [-0.25, -0.2) is 17.5 Å². The third-order valence-electron chi connectivity index (χ3n) is 2.94. The van der Waals surface area contributed by atoms with Crippen LogP contribution >= 0.6 is 27.5 Å². The van der Waals surface area contributed by atoms with Gasteiger partial charge in [-0.15, -0.1) is 0 Å². The molecule has 2 aromatic rings. The summed E-state index contributed by atoms with van der Waals surface area (Å²) < 4.78 is 31.1. The van der Waals surface area contributed by atoms with Gasteiger partial charge in [0.2, 0.25) is 10.0 Å². The monoisotopic (exact) mass is 417 g/mol. The van der Waals surface area contributed by atoms with Gasteiger partial charge < -0.3 is 4.74 Å². The van der Waals surface area contributed by atoms with E-state index in [-0.39, 0.29) is 10.5 Å². The molecular formula is C15H13BrClNO4S. The van der Waals surface area contributed by atoms with E-state index >= 15 is 0 Å². The molecule has 0 N–H and O–H groups in total. The van der Waals surface area contributed by atoms with Gasteiger partial charge in [0.1, 0.15) is 5.75 Å². The van der Waals surface area contributed by atoms with Crippen molar-refractivity contribution in [2.24, 2.45) is 0 Å². The van der Waals surface area contributed by atoms with E-state index in [0.29, 0.717) is 15.2 Å². The predicted molar refractivity (Wildman–Crippen MR) is 91.4 cm³/mol. The molecule has 0 saturated heterocycles. The molecular weight excluding hydrogens is 406 g/mol. The van der Waals surface area contributed by atoms with Crippen molar-refractivity contribution in [3.05, 3.63) is 57.5 Å². The third-order valence-corrected chi connectivity index (χ3v) is 5.61. The molecule has 0 spiro atoms. The first-order valence-corrected chi connectivity index (χ1v) is 9.03. The normalized spacial score (nSPS) is 11.5. The number of hydrogen-bond donors (Lipinski definition) is 0. The van der Waals surface area contributed by atoms with Crippen LogP contribution in [0.5, 0.6) is 5.75 Å². The molecule has 23 heavy (non-hydrogen) atoms. The number of ether oxygens (including phenoxy) is 1. The van der Waals surface area contributed by atoms with Gasteiger partial charge in [-0.05, 0) is 52.3 Å². The topological polar surface area (TPSA) is 63.7 Å². The molecule has 0 amide bonds. The number of nitrogens with zero attached hydrogens (tertiary/aromatic N) is 1. The van der Waals surface area contributed by atoms with Gasteiger partial charge in [0.05, 0.1) is 14.9 Å². The third kappa shape index (κ3) is 4.11. The van der Waals surface area contributed by atoms with Gasteiger partial charge in [0, 0.05) is 19.1 Å². The first-order chi connectivity index (χ1) is 10.7. The molecule has 8 heteroatoms. The van der Waals surface area contributed by atoms with Crippen molar-refractivity contribution >= 4 is 43.5 Å². The Kier molecular flexibility index (Phi) is 5.46. The summed E-state index contributed by atoms with van der Waals surface area (Å²) in [5, 5.41) is 0.496. The zero-order valence-electron chi connectivity index (χ0n) is 12.3. The van der Waals surface area contributed by atoms with E-state index in [0.717, 1.165) is 4.31 Å². The highest BCUT2D eigenvalue weighted by molar-refractivity contribution is 9.10. The summed E-state index contributed by atoms with van der Waals surface area (Å²) in [6, 6.07) is 10.4. The molecule has 0 aromatic heterocycles. The van der Waals surface area contributed by atoms with Crippen molar-refractivity contribution in [2.75, 3.05) is 14.1 Å². The van der Waals surface area contributed by atoms with Crippen molar-refractivity contribution < 1.29 is 17.9 Å². The Balaban J connectivity index is 2.30. The average Bonchev–Trinajstić information content (AvgIpc) is 2.50. The fourth-order valence-corrected chi connectivity index (χ4v) is 3.42. The van der Waals surface area contributed by atoms with Gasteiger partial charge in [0.25, 0.3) is 0 Å². The van der Waals surface area contributed by atoms with Crippen molar-refractivity contribution in [3.8, 4) is 5.75 Å². The molecule has 0 bridgehead atoms. The fourth-order valence-electron chi connectivity index (χ4n) is 1.71. The number of benzene rings is 2. The predicted octanol–water partition coefficient (Wildman–Crippen LogP) is 3.57. The lowest BCUT2D eigenvalue weighted by Crippen LogP contribution is -2.22. The average molecular weight is 419 g/mol. The molecule has 2 aromatic carbocycles. The van der Waals surface area contributed by atoms with Crippen molar-refractivity contribution in [3.63, 3.8) is 0 Å². The SMILES string of the molecule is CN(C)S(=O)(=O)c1cccc(C(=O)Oc2ccc(Cl)cc2Br)c1. The van der Waals surface area contributed by atoms with Crippen LogP contribution in [0.4, 0.5) is 0 Å². The molecule has 5 nitrogen and oxygen atoms in total. The molecule has 0 saturated carbocycles. The Morgan fingerprint density at radius 2 is 1.87 bits per heavy atom. The number of rotatable bonds is 4. The van der Waals surface area contributed by atoms with Gasteiger partial charge in [-0.1, -0.05) is 17.7 Å². The van der Waals surface area contributed by atoms with E-state index in [4.69, 9.17) is 16.3 Å². The van der Waals surface area contributed by atoms with Crippen LogP contribution in [0.2, 0.25) is 5.02 Å². The molecule has 2 rings (SSSR count). The first-order valence-electron chi connectivity index (χ1n) is 6.41. The van der Waals surface area contributed by atoms with E-state index in [1.54, 1.807) is 18.2 Å². The van der Waals surface area contributed by atoms with Crippen LogP contribution in [0.25, 0.3) is 0 Å². The van der Waals surface area contributed by atoms with Crippen molar-refractivity contribution in [1.29, 1.82) is 0 Å². The van der Waals surface area contributed by atoms with Crippen LogP contribution in [0.3, 0.4) is 0 Å². The molecule has 0 atom stereocenters. The maximum Gasteiger partial charge on any atom is 0.343 e.